The highest BCUT2D eigenvalue weighted by Crippen LogP contribution is 2.33. The van der Waals surface area contributed by atoms with Crippen molar-refractivity contribution >= 4 is 13.9 Å². The molecule has 0 amide bonds. The summed E-state index contributed by atoms with van der Waals surface area (Å²) >= 11 is 0. The molecule has 1 aliphatic carbocycles. The van der Waals surface area contributed by atoms with E-state index in [0.29, 0.717) is 11.7 Å². The van der Waals surface area contributed by atoms with Gasteiger partial charge in [-0.05, 0) is 25.7 Å². The predicted octanol–water partition coefficient (Wildman–Crippen LogP) is 3.57. The van der Waals surface area contributed by atoms with Crippen LogP contribution in [0.2, 0.25) is 19.6 Å². The molecule has 0 aromatic heterocycles. The van der Waals surface area contributed by atoms with Crippen LogP contribution < -0.4 is 0 Å². The fourth-order valence-corrected chi connectivity index (χ4v) is 4.91. The summed E-state index contributed by atoms with van der Waals surface area (Å²) in [7, 11) is -1.19. The Kier molecular flexibility index (Phi) is 3.70. The van der Waals surface area contributed by atoms with E-state index in [1.54, 1.807) is 5.20 Å². The highest BCUT2D eigenvalue weighted by molar-refractivity contribution is 6.83. The van der Waals surface area contributed by atoms with Gasteiger partial charge in [0.2, 0.25) is 0 Å². The van der Waals surface area contributed by atoms with Gasteiger partial charge in [0.1, 0.15) is 5.78 Å². The number of rotatable bonds is 2. The minimum absolute atomic E-state index is 0.471. The Morgan fingerprint density at radius 1 is 1.43 bits per heavy atom. The molecule has 1 nitrogen and oxygen atoms in total. The quantitative estimate of drug-likeness (QED) is 0.637. The van der Waals surface area contributed by atoms with Gasteiger partial charge < -0.3 is 0 Å². The topological polar surface area (TPSA) is 17.1 Å². The molecule has 0 bridgehead atoms. The third-order valence-corrected chi connectivity index (χ3v) is 5.53. The zero-order valence-corrected chi connectivity index (χ0v) is 10.9. The van der Waals surface area contributed by atoms with Crippen LogP contribution in [0.25, 0.3) is 0 Å². The normalized spacial score (nSPS) is 25.3. The molecule has 1 fully saturated rings. The van der Waals surface area contributed by atoms with E-state index in [4.69, 9.17) is 0 Å². The SMILES string of the molecule is C/C=C(/C1CCCC(=O)C1)[Si](C)(C)C. The third kappa shape index (κ3) is 2.81. The van der Waals surface area contributed by atoms with E-state index in [2.05, 4.69) is 32.6 Å². The smallest absolute Gasteiger partial charge is 0.133 e. The Hall–Kier alpha value is -0.373. The second-order valence-electron chi connectivity index (χ2n) is 5.33. The maximum Gasteiger partial charge on any atom is 0.133 e. The molecule has 2 heteroatoms. The van der Waals surface area contributed by atoms with E-state index in [9.17, 15) is 4.79 Å². The number of ketones is 1. The summed E-state index contributed by atoms with van der Waals surface area (Å²) in [6, 6.07) is 0. The van der Waals surface area contributed by atoms with Gasteiger partial charge in [0.15, 0.2) is 0 Å². The molecule has 0 spiro atoms. The summed E-state index contributed by atoms with van der Waals surface area (Å²) in [6.45, 7) is 9.26. The Morgan fingerprint density at radius 3 is 2.50 bits per heavy atom. The van der Waals surface area contributed by atoms with Crippen LogP contribution in [-0.2, 0) is 4.79 Å². The minimum atomic E-state index is -1.19. The number of Topliss-reactive ketones (excluding diaryl/α,β-unsaturated/α-hetero) is 1. The molecule has 0 radical (unpaired) electrons. The molecule has 14 heavy (non-hydrogen) atoms. The average molecular weight is 210 g/mol. The van der Waals surface area contributed by atoms with Crippen molar-refractivity contribution in [3.05, 3.63) is 11.3 Å². The van der Waals surface area contributed by atoms with Crippen LogP contribution in [0.4, 0.5) is 0 Å². The standard InChI is InChI=1S/C12H22OSi/c1-5-12(14(2,3)4)10-7-6-8-11(13)9-10/h5,10H,6-9H2,1-4H3/b12-5-. The zero-order chi connectivity index (χ0) is 10.8. The molecule has 1 unspecified atom stereocenters. The monoisotopic (exact) mass is 210 g/mol. The van der Waals surface area contributed by atoms with Gasteiger partial charge in [0.25, 0.3) is 0 Å². The van der Waals surface area contributed by atoms with Crippen molar-refractivity contribution < 1.29 is 4.79 Å². The van der Waals surface area contributed by atoms with Crippen LogP contribution in [0.5, 0.6) is 0 Å². The molecule has 0 saturated heterocycles. The molecule has 1 atom stereocenters. The lowest BCUT2D eigenvalue weighted by Crippen LogP contribution is -2.31. The van der Waals surface area contributed by atoms with Crippen LogP contribution in [-0.4, -0.2) is 13.9 Å². The van der Waals surface area contributed by atoms with Crippen molar-refractivity contribution in [2.24, 2.45) is 5.92 Å². The first-order valence-electron chi connectivity index (χ1n) is 5.63. The highest BCUT2D eigenvalue weighted by atomic mass is 28.3. The Balaban J connectivity index is 2.76. The molecule has 1 aliphatic rings. The zero-order valence-electron chi connectivity index (χ0n) is 9.89. The molecule has 1 rings (SSSR count). The molecule has 0 N–H and O–H groups in total. The van der Waals surface area contributed by atoms with E-state index >= 15 is 0 Å². The van der Waals surface area contributed by atoms with Crippen molar-refractivity contribution in [3.63, 3.8) is 0 Å². The van der Waals surface area contributed by atoms with Crippen molar-refractivity contribution in [1.82, 2.24) is 0 Å². The number of carbonyl (C=O) groups excluding carboxylic acids is 1. The van der Waals surface area contributed by atoms with E-state index < -0.39 is 8.07 Å². The van der Waals surface area contributed by atoms with Crippen LogP contribution in [0, 0.1) is 5.92 Å². The number of hydrogen-bond acceptors (Lipinski definition) is 1. The first-order chi connectivity index (χ1) is 6.45. The van der Waals surface area contributed by atoms with Crippen molar-refractivity contribution in [3.8, 4) is 0 Å². The van der Waals surface area contributed by atoms with Crippen LogP contribution in [0.3, 0.4) is 0 Å². The Labute approximate surface area is 88.6 Å². The average Bonchev–Trinajstić information content (AvgIpc) is 2.02. The summed E-state index contributed by atoms with van der Waals surface area (Å²) in [5.41, 5.74) is 0. The van der Waals surface area contributed by atoms with E-state index in [-0.39, 0.29) is 0 Å². The van der Waals surface area contributed by atoms with Crippen LogP contribution in [0.1, 0.15) is 32.6 Å². The maximum absolute atomic E-state index is 11.4. The van der Waals surface area contributed by atoms with Gasteiger partial charge in [0, 0.05) is 12.8 Å². The molecule has 0 aromatic rings. The lowest BCUT2D eigenvalue weighted by Gasteiger charge is -2.31. The summed E-state index contributed by atoms with van der Waals surface area (Å²) < 4.78 is 0. The summed E-state index contributed by atoms with van der Waals surface area (Å²) in [5.74, 6) is 1.05. The molecule has 1 saturated carbocycles. The second kappa shape index (κ2) is 4.43. The molecule has 0 aliphatic heterocycles. The molecule has 0 aromatic carbocycles. The van der Waals surface area contributed by atoms with Gasteiger partial charge in [-0.15, -0.1) is 0 Å². The fourth-order valence-electron chi connectivity index (χ4n) is 2.57. The molecule has 80 valence electrons. The summed E-state index contributed by atoms with van der Waals surface area (Å²) in [6.07, 6.45) is 6.24. The Morgan fingerprint density at radius 2 is 2.07 bits per heavy atom. The fraction of sp³-hybridized carbons (Fsp3) is 0.750. The lowest BCUT2D eigenvalue weighted by atomic mass is 9.88. The Bertz CT molecular complexity index is 248. The highest BCUT2D eigenvalue weighted by Gasteiger charge is 2.29. The number of hydrogen-bond donors (Lipinski definition) is 0. The van der Waals surface area contributed by atoms with Gasteiger partial charge in [-0.1, -0.05) is 30.9 Å². The summed E-state index contributed by atoms with van der Waals surface area (Å²) in [5, 5.41) is 1.60. The molecule has 0 heterocycles. The largest absolute Gasteiger partial charge is 0.300 e. The number of allylic oxidation sites excluding steroid dienone is 2. The maximum atomic E-state index is 11.4. The van der Waals surface area contributed by atoms with Crippen LogP contribution in [0.15, 0.2) is 11.3 Å². The van der Waals surface area contributed by atoms with Gasteiger partial charge in [-0.3, -0.25) is 4.79 Å². The molecular weight excluding hydrogens is 188 g/mol. The van der Waals surface area contributed by atoms with Gasteiger partial charge in [-0.2, -0.15) is 0 Å². The number of carbonyl (C=O) groups is 1. The lowest BCUT2D eigenvalue weighted by molar-refractivity contribution is -0.121. The first-order valence-corrected chi connectivity index (χ1v) is 9.13. The van der Waals surface area contributed by atoms with Crippen LogP contribution >= 0.6 is 0 Å². The predicted molar refractivity (Wildman–Crippen MR) is 64.1 cm³/mol. The van der Waals surface area contributed by atoms with Gasteiger partial charge in [0.05, 0.1) is 8.07 Å². The van der Waals surface area contributed by atoms with Gasteiger partial charge >= 0.3 is 0 Å². The first kappa shape index (κ1) is 11.7. The van der Waals surface area contributed by atoms with E-state index in [1.165, 1.54) is 6.42 Å². The van der Waals surface area contributed by atoms with Crippen molar-refractivity contribution in [1.29, 1.82) is 0 Å². The summed E-state index contributed by atoms with van der Waals surface area (Å²) in [4.78, 5) is 11.4. The second-order valence-corrected chi connectivity index (χ2v) is 10.4. The van der Waals surface area contributed by atoms with E-state index in [0.717, 1.165) is 19.3 Å². The van der Waals surface area contributed by atoms with Crippen molar-refractivity contribution in [2.45, 2.75) is 52.2 Å². The minimum Gasteiger partial charge on any atom is -0.300 e. The van der Waals surface area contributed by atoms with E-state index in [1.807, 2.05) is 0 Å². The molecular formula is C12H22OSi. The van der Waals surface area contributed by atoms with Crippen molar-refractivity contribution in [2.75, 3.05) is 0 Å². The van der Waals surface area contributed by atoms with Gasteiger partial charge in [-0.25, -0.2) is 0 Å². The third-order valence-electron chi connectivity index (χ3n) is 3.10.